The molecule has 2 aliphatic rings. The lowest BCUT2D eigenvalue weighted by Gasteiger charge is -2.35. The largest absolute Gasteiger partial charge is 0.496 e. The Hall–Kier alpha value is -3.48. The van der Waals surface area contributed by atoms with Gasteiger partial charge in [-0.3, -0.25) is 14.7 Å². The lowest BCUT2D eigenvalue weighted by atomic mass is 9.92. The number of piperazine rings is 1. The molecule has 1 heterocycles. The van der Waals surface area contributed by atoms with E-state index in [9.17, 15) is 4.79 Å². The van der Waals surface area contributed by atoms with Gasteiger partial charge in [0.1, 0.15) is 5.75 Å². The van der Waals surface area contributed by atoms with Crippen LogP contribution < -0.4 is 10.5 Å². The third-order valence-corrected chi connectivity index (χ3v) is 7.76. The third kappa shape index (κ3) is 8.27. The van der Waals surface area contributed by atoms with Crippen LogP contribution in [0.1, 0.15) is 70.6 Å². The highest BCUT2D eigenvalue weighted by Crippen LogP contribution is 2.32. The van der Waals surface area contributed by atoms with E-state index in [-0.39, 0.29) is 5.91 Å². The predicted octanol–water partition coefficient (Wildman–Crippen LogP) is 6.47. The summed E-state index contributed by atoms with van der Waals surface area (Å²) in [6, 6.07) is 16.8. The molecule has 220 valence electrons. The lowest BCUT2D eigenvalue weighted by molar-refractivity contribution is -0.129. The summed E-state index contributed by atoms with van der Waals surface area (Å²) in [6.07, 6.45) is 6.35. The maximum Gasteiger partial charge on any atom is 0.249 e. The fraction of sp³-hybridized carbons (Fsp3) is 0.429. The van der Waals surface area contributed by atoms with Crippen LogP contribution in [0.2, 0.25) is 0 Å². The first kappa shape index (κ1) is 32.0. The van der Waals surface area contributed by atoms with Crippen molar-refractivity contribution >= 4 is 17.7 Å². The predicted molar refractivity (Wildman–Crippen MR) is 172 cm³/mol. The molecule has 0 radical (unpaired) electrons. The van der Waals surface area contributed by atoms with Gasteiger partial charge in [-0.25, -0.2) is 0 Å². The Morgan fingerprint density at radius 3 is 2.34 bits per heavy atom. The fourth-order valence-corrected chi connectivity index (χ4v) is 5.32. The van der Waals surface area contributed by atoms with E-state index in [4.69, 9.17) is 15.5 Å². The zero-order chi connectivity index (χ0) is 29.8. The number of nitrogens with zero attached hydrogens (tertiary/aromatic N) is 3. The maximum absolute atomic E-state index is 13.1. The molecule has 1 saturated heterocycles. The van der Waals surface area contributed by atoms with Crippen molar-refractivity contribution in [3.05, 3.63) is 93.7 Å². The average molecular weight is 557 g/mol. The smallest absolute Gasteiger partial charge is 0.249 e. The number of carbonyl (C=O) groups is 1. The highest BCUT2D eigenvalue weighted by Gasteiger charge is 2.25. The highest BCUT2D eigenvalue weighted by molar-refractivity contribution is 5.94. The summed E-state index contributed by atoms with van der Waals surface area (Å²) < 4.78 is 5.79. The Kier molecular flexibility index (Phi) is 12.6. The van der Waals surface area contributed by atoms with Gasteiger partial charge >= 0.3 is 0 Å². The van der Waals surface area contributed by atoms with Crippen LogP contribution in [-0.2, 0) is 4.79 Å². The van der Waals surface area contributed by atoms with Crippen LogP contribution in [0.25, 0.3) is 5.57 Å². The molecule has 1 amide bonds. The Labute approximate surface area is 247 Å². The zero-order valence-electron chi connectivity index (χ0n) is 25.9. The summed E-state index contributed by atoms with van der Waals surface area (Å²) >= 11 is 0. The number of nitrogens with two attached hydrogens (primary N) is 1. The minimum absolute atomic E-state index is 0.159. The molecule has 0 unspecified atom stereocenters. The standard InChI is InChI=1S/C33H42N4O2.C2H6/c1-5-24(2)32(26-9-7-6-8-10-26)27-11-12-29(31(22-27)39-4)23-35-30-14-13-28(21-25(30)3)33(38)37-19-17-36(16-15-34)18-20-37;1-2/h6-12,21-23H,5,13-20,34H2,1-4H3;1-2H3/b32-24-,35-23?;. The van der Waals surface area contributed by atoms with Crippen molar-refractivity contribution < 1.29 is 9.53 Å². The van der Waals surface area contributed by atoms with Gasteiger partial charge in [-0.05, 0) is 73.6 Å². The average Bonchev–Trinajstić information content (AvgIpc) is 3.02. The number of carbonyl (C=O) groups excluding carboxylic acids is 1. The second kappa shape index (κ2) is 16.1. The third-order valence-electron chi connectivity index (χ3n) is 7.76. The van der Waals surface area contributed by atoms with Crippen molar-refractivity contribution in [3.63, 3.8) is 0 Å². The number of benzene rings is 2. The second-order valence-corrected chi connectivity index (χ2v) is 10.3. The lowest BCUT2D eigenvalue weighted by Crippen LogP contribution is -2.50. The van der Waals surface area contributed by atoms with Crippen molar-refractivity contribution in [2.75, 3.05) is 46.4 Å². The van der Waals surface area contributed by atoms with Crippen molar-refractivity contribution in [3.8, 4) is 5.75 Å². The first-order valence-electron chi connectivity index (χ1n) is 15.0. The van der Waals surface area contributed by atoms with E-state index in [2.05, 4.69) is 61.2 Å². The van der Waals surface area contributed by atoms with E-state index in [0.29, 0.717) is 13.0 Å². The number of hydrogen-bond acceptors (Lipinski definition) is 5. The minimum Gasteiger partial charge on any atom is -0.496 e. The molecule has 0 bridgehead atoms. The number of hydrogen-bond donors (Lipinski definition) is 1. The van der Waals surface area contributed by atoms with Gasteiger partial charge in [-0.2, -0.15) is 0 Å². The molecule has 1 aliphatic carbocycles. The minimum atomic E-state index is 0.159. The Morgan fingerprint density at radius 2 is 1.73 bits per heavy atom. The normalized spacial score (nSPS) is 16.7. The van der Waals surface area contributed by atoms with Gasteiger partial charge in [0, 0.05) is 62.3 Å². The summed E-state index contributed by atoms with van der Waals surface area (Å²) in [5.41, 5.74) is 14.5. The number of ether oxygens (including phenoxy) is 1. The molecule has 0 aromatic heterocycles. The summed E-state index contributed by atoms with van der Waals surface area (Å²) in [7, 11) is 1.70. The van der Waals surface area contributed by atoms with Crippen LogP contribution in [0.5, 0.6) is 5.75 Å². The van der Waals surface area contributed by atoms with Crippen molar-refractivity contribution in [1.29, 1.82) is 0 Å². The van der Waals surface area contributed by atoms with E-state index >= 15 is 0 Å². The van der Waals surface area contributed by atoms with E-state index in [1.165, 1.54) is 16.7 Å². The topological polar surface area (TPSA) is 71.2 Å². The van der Waals surface area contributed by atoms with Crippen LogP contribution in [0.4, 0.5) is 0 Å². The van der Waals surface area contributed by atoms with Gasteiger partial charge in [-0.1, -0.05) is 62.7 Å². The Bertz CT molecular complexity index is 1280. The zero-order valence-corrected chi connectivity index (χ0v) is 25.9. The number of amides is 1. The van der Waals surface area contributed by atoms with Crippen molar-refractivity contribution in [2.24, 2.45) is 10.7 Å². The van der Waals surface area contributed by atoms with Crippen molar-refractivity contribution in [2.45, 2.75) is 53.9 Å². The quantitative estimate of drug-likeness (QED) is 0.360. The molecule has 2 aromatic carbocycles. The summed E-state index contributed by atoms with van der Waals surface area (Å²) in [4.78, 5) is 22.3. The SMILES string of the molecule is CC.CC/C(C)=C(/c1ccccc1)c1ccc(C=NC2=C(C)C=C(C(=O)N3CCN(CCN)CC3)CC2)c(OC)c1. The second-order valence-electron chi connectivity index (χ2n) is 10.3. The molecule has 0 saturated carbocycles. The molecule has 6 nitrogen and oxygen atoms in total. The molecule has 2 aromatic rings. The van der Waals surface area contributed by atoms with Crippen LogP contribution >= 0.6 is 0 Å². The maximum atomic E-state index is 13.1. The summed E-state index contributed by atoms with van der Waals surface area (Å²) in [5, 5.41) is 0. The molecule has 6 heteroatoms. The van der Waals surface area contributed by atoms with E-state index < -0.39 is 0 Å². The number of allylic oxidation sites excluding steroid dienone is 4. The fourth-order valence-electron chi connectivity index (χ4n) is 5.32. The molecular formula is C35H48N4O2. The van der Waals surface area contributed by atoms with Gasteiger partial charge in [0.2, 0.25) is 5.91 Å². The van der Waals surface area contributed by atoms with Crippen LogP contribution in [0.15, 0.2) is 82.0 Å². The van der Waals surface area contributed by atoms with Gasteiger partial charge in [0.05, 0.1) is 7.11 Å². The Balaban J connectivity index is 0.00000226. The molecule has 2 N–H and O–H groups in total. The van der Waals surface area contributed by atoms with Gasteiger partial charge < -0.3 is 15.4 Å². The van der Waals surface area contributed by atoms with Crippen LogP contribution in [-0.4, -0.2) is 68.3 Å². The van der Waals surface area contributed by atoms with Gasteiger partial charge in [0.15, 0.2) is 0 Å². The molecule has 1 fully saturated rings. The van der Waals surface area contributed by atoms with Crippen LogP contribution in [0, 0.1) is 0 Å². The van der Waals surface area contributed by atoms with Gasteiger partial charge in [0.25, 0.3) is 0 Å². The Morgan fingerprint density at radius 1 is 1.02 bits per heavy atom. The molecule has 41 heavy (non-hydrogen) atoms. The summed E-state index contributed by atoms with van der Waals surface area (Å²) in [6.45, 7) is 15.3. The number of methoxy groups -OCH3 is 1. The molecule has 0 atom stereocenters. The van der Waals surface area contributed by atoms with Crippen LogP contribution in [0.3, 0.4) is 0 Å². The van der Waals surface area contributed by atoms with E-state index in [0.717, 1.165) is 79.3 Å². The molecule has 0 spiro atoms. The number of rotatable bonds is 9. The summed E-state index contributed by atoms with van der Waals surface area (Å²) in [5.74, 6) is 0.953. The van der Waals surface area contributed by atoms with E-state index in [1.54, 1.807) is 7.11 Å². The van der Waals surface area contributed by atoms with Crippen molar-refractivity contribution in [1.82, 2.24) is 9.80 Å². The first-order valence-corrected chi connectivity index (χ1v) is 15.0. The molecular weight excluding hydrogens is 508 g/mol. The van der Waals surface area contributed by atoms with Gasteiger partial charge in [-0.15, -0.1) is 0 Å². The monoisotopic (exact) mass is 556 g/mol. The highest BCUT2D eigenvalue weighted by atomic mass is 16.5. The molecule has 1 aliphatic heterocycles. The molecule has 4 rings (SSSR count). The first-order chi connectivity index (χ1) is 19.9. The van der Waals surface area contributed by atoms with E-state index in [1.807, 2.05) is 44.0 Å². The number of aliphatic imine (C=N–C) groups is 1.